The second kappa shape index (κ2) is 10.8. The number of hydrogen-bond acceptors (Lipinski definition) is 9. The molecule has 4 aliphatic rings. The molecule has 0 spiro atoms. The van der Waals surface area contributed by atoms with E-state index in [-0.39, 0.29) is 24.5 Å². The number of allylic oxidation sites excluding steroid dienone is 3. The zero-order valence-corrected chi connectivity index (χ0v) is 23.9. The van der Waals surface area contributed by atoms with Crippen LogP contribution in [0.15, 0.2) is 35.0 Å². The molecule has 1 amide bonds. The van der Waals surface area contributed by atoms with Gasteiger partial charge in [0.05, 0.1) is 43.2 Å². The molecule has 2 atom stereocenters. The molecule has 5 heterocycles. The second-order valence-corrected chi connectivity index (χ2v) is 13.1. The van der Waals surface area contributed by atoms with Crippen molar-refractivity contribution in [2.75, 3.05) is 62.0 Å². The number of halogens is 1. The highest BCUT2D eigenvalue weighted by Gasteiger charge is 2.37. The van der Waals surface area contributed by atoms with Gasteiger partial charge in [-0.25, -0.2) is 13.4 Å². The van der Waals surface area contributed by atoms with Gasteiger partial charge in [0.1, 0.15) is 11.6 Å². The summed E-state index contributed by atoms with van der Waals surface area (Å²) in [5.41, 5.74) is 1.75. The van der Waals surface area contributed by atoms with E-state index in [9.17, 15) is 18.3 Å². The molecule has 3 fully saturated rings. The number of nitrogens with zero attached hydrogens (tertiary/aromatic N) is 6. The molecule has 1 unspecified atom stereocenters. The summed E-state index contributed by atoms with van der Waals surface area (Å²) >= 11 is 6.31. The van der Waals surface area contributed by atoms with Gasteiger partial charge in [-0.1, -0.05) is 11.6 Å². The van der Waals surface area contributed by atoms with Crippen LogP contribution < -0.4 is 14.5 Å². The Morgan fingerprint density at radius 1 is 1.12 bits per heavy atom. The summed E-state index contributed by atoms with van der Waals surface area (Å²) < 4.78 is 33.9. The van der Waals surface area contributed by atoms with Crippen LogP contribution in [0.5, 0.6) is 0 Å². The first-order chi connectivity index (χ1) is 19.2. The number of rotatable bonds is 6. The van der Waals surface area contributed by atoms with Crippen LogP contribution in [0.1, 0.15) is 37.4 Å². The molecule has 2 aromatic rings. The van der Waals surface area contributed by atoms with Crippen LogP contribution in [-0.4, -0.2) is 97.2 Å². The summed E-state index contributed by atoms with van der Waals surface area (Å²) in [6.45, 7) is 4.31. The number of ether oxygens (including phenoxy) is 1. The fraction of sp³-hybridized carbons (Fsp3) is 0.577. The lowest BCUT2D eigenvalue weighted by Crippen LogP contribution is -2.51. The van der Waals surface area contributed by atoms with E-state index in [1.54, 1.807) is 12.2 Å². The number of hydrogen-bond donors (Lipinski definition) is 2. The molecule has 0 radical (unpaired) electrons. The van der Waals surface area contributed by atoms with Crippen molar-refractivity contribution in [1.82, 2.24) is 24.2 Å². The normalized spacial score (nSPS) is 24.5. The molecule has 6 rings (SSSR count). The van der Waals surface area contributed by atoms with Gasteiger partial charge in [0.2, 0.25) is 15.9 Å². The smallest absolute Gasteiger partial charge is 0.232 e. The molecular weight excluding hydrogens is 558 g/mol. The highest BCUT2D eigenvalue weighted by atomic mass is 35.5. The summed E-state index contributed by atoms with van der Waals surface area (Å²) in [7, 11) is -3.57. The maximum atomic E-state index is 14.0. The average molecular weight is 592 g/mol. The Kier molecular flexibility index (Phi) is 7.40. The van der Waals surface area contributed by atoms with Gasteiger partial charge in [-0.05, 0) is 31.4 Å². The number of β-amino-alcohol motifs (C(OH)–C–C–N with tert-alkyl or cyclic N) is 1. The number of piperidine rings is 1. The van der Waals surface area contributed by atoms with E-state index in [2.05, 4.69) is 9.62 Å². The Balaban J connectivity index is 1.34. The minimum atomic E-state index is -3.57. The predicted molar refractivity (Wildman–Crippen MR) is 151 cm³/mol. The molecular formula is C26H34ClN7O5S. The predicted octanol–water partition coefficient (Wildman–Crippen LogP) is 1.38. The number of morpholine rings is 1. The van der Waals surface area contributed by atoms with Crippen molar-refractivity contribution in [1.29, 1.82) is 0 Å². The molecule has 14 heteroatoms. The minimum absolute atomic E-state index is 0.174. The lowest BCUT2D eigenvalue weighted by atomic mass is 9.92. The van der Waals surface area contributed by atoms with E-state index in [1.165, 1.54) is 0 Å². The first kappa shape index (κ1) is 27.3. The van der Waals surface area contributed by atoms with Gasteiger partial charge in [0, 0.05) is 62.0 Å². The van der Waals surface area contributed by atoms with Crippen LogP contribution in [0, 0.1) is 5.92 Å². The van der Waals surface area contributed by atoms with E-state index in [1.807, 2.05) is 26.4 Å². The molecule has 12 nitrogen and oxygen atoms in total. The minimum Gasteiger partial charge on any atom is -0.389 e. The Morgan fingerprint density at radius 3 is 2.62 bits per heavy atom. The number of aliphatic hydroxyl groups is 1. The largest absolute Gasteiger partial charge is 0.389 e. The van der Waals surface area contributed by atoms with Crippen molar-refractivity contribution in [3.05, 3.63) is 40.7 Å². The first-order valence-electron chi connectivity index (χ1n) is 13.7. The lowest BCUT2D eigenvalue weighted by Gasteiger charge is -2.38. The van der Waals surface area contributed by atoms with E-state index >= 15 is 0 Å². The number of nitrogens with one attached hydrogen (secondary N) is 1. The standard InChI is InChI=1S/C26H34ClN7O5S/c1-40(37,38)30-20-6-5-17(27)12-19(20)26(36)33-7-3-2-4-22(33)21-13-24-28-23(32-15-18(35)16-32)14-25(34(24)29-21)31-8-10-39-11-9-31/h5-6,13-14,18-19,22,30,35H,2-4,7-12,15-16H2,1H3/t19?,22-/m0/s1. The van der Waals surface area contributed by atoms with Gasteiger partial charge in [-0.3, -0.25) is 9.52 Å². The highest BCUT2D eigenvalue weighted by Crippen LogP contribution is 2.37. The van der Waals surface area contributed by atoms with Crippen molar-refractivity contribution in [2.24, 2.45) is 5.92 Å². The Labute approximate surface area is 238 Å². The molecule has 2 aromatic heterocycles. The molecule has 3 aliphatic heterocycles. The number of aromatic nitrogens is 3. The summed E-state index contributed by atoms with van der Waals surface area (Å²) in [6.07, 6.45) is 6.69. The number of fused-ring (bicyclic) bond motifs is 1. The van der Waals surface area contributed by atoms with E-state index in [4.69, 9.17) is 26.4 Å². The number of carbonyl (C=O) groups is 1. The van der Waals surface area contributed by atoms with Crippen LogP contribution in [0.25, 0.3) is 5.65 Å². The monoisotopic (exact) mass is 591 g/mol. The van der Waals surface area contributed by atoms with Crippen LogP contribution in [0.4, 0.5) is 11.6 Å². The number of likely N-dealkylation sites (tertiary alicyclic amines) is 1. The molecule has 40 heavy (non-hydrogen) atoms. The lowest BCUT2D eigenvalue weighted by molar-refractivity contribution is -0.138. The highest BCUT2D eigenvalue weighted by molar-refractivity contribution is 7.88. The summed E-state index contributed by atoms with van der Waals surface area (Å²) in [6, 6.07) is 3.67. The summed E-state index contributed by atoms with van der Waals surface area (Å²) in [5.74, 6) is 0.785. The van der Waals surface area contributed by atoms with Gasteiger partial charge in [-0.2, -0.15) is 9.61 Å². The number of carbonyl (C=O) groups excluding carboxylic acids is 1. The Hall–Kier alpha value is -2.87. The maximum absolute atomic E-state index is 14.0. The van der Waals surface area contributed by atoms with Crippen LogP contribution in [0.2, 0.25) is 0 Å². The van der Waals surface area contributed by atoms with Crippen LogP contribution >= 0.6 is 11.6 Å². The van der Waals surface area contributed by atoms with Gasteiger partial charge in [0.15, 0.2) is 5.65 Å². The van der Waals surface area contributed by atoms with Gasteiger partial charge in [0.25, 0.3) is 0 Å². The maximum Gasteiger partial charge on any atom is 0.232 e. The van der Waals surface area contributed by atoms with E-state index < -0.39 is 15.9 Å². The van der Waals surface area contributed by atoms with Crippen molar-refractivity contribution in [3.8, 4) is 0 Å². The van der Waals surface area contributed by atoms with E-state index in [0.29, 0.717) is 49.2 Å². The molecule has 216 valence electrons. The number of aliphatic hydroxyl groups excluding tert-OH is 1. The third-order valence-corrected chi connectivity index (χ3v) is 8.77. The summed E-state index contributed by atoms with van der Waals surface area (Å²) in [4.78, 5) is 24.9. The molecule has 2 N–H and O–H groups in total. The Morgan fingerprint density at radius 2 is 1.90 bits per heavy atom. The molecule has 0 saturated carbocycles. The molecule has 3 saturated heterocycles. The van der Waals surface area contributed by atoms with Crippen LogP contribution in [-0.2, 0) is 19.6 Å². The van der Waals surface area contributed by atoms with Crippen molar-refractivity contribution >= 4 is 44.8 Å². The SMILES string of the molecule is CS(=O)(=O)NC1=CC=C(Cl)CC1C(=O)N1CCCC[C@H]1c1cc2nc(N3CC(O)C3)cc(N3CCOCC3)n2n1. The Bertz CT molecular complexity index is 1460. The van der Waals surface area contributed by atoms with E-state index in [0.717, 1.165) is 55.9 Å². The van der Waals surface area contributed by atoms with Crippen molar-refractivity contribution < 1.29 is 23.1 Å². The van der Waals surface area contributed by atoms with Gasteiger partial charge in [-0.15, -0.1) is 0 Å². The zero-order valence-electron chi connectivity index (χ0n) is 22.4. The topological polar surface area (TPSA) is 133 Å². The quantitative estimate of drug-likeness (QED) is 0.511. The summed E-state index contributed by atoms with van der Waals surface area (Å²) in [5, 5.41) is 15.4. The first-order valence-corrected chi connectivity index (χ1v) is 15.9. The molecule has 0 bridgehead atoms. The van der Waals surface area contributed by atoms with Gasteiger partial charge >= 0.3 is 0 Å². The third kappa shape index (κ3) is 5.52. The average Bonchev–Trinajstić information content (AvgIpc) is 3.35. The second-order valence-electron chi connectivity index (χ2n) is 10.9. The third-order valence-electron chi connectivity index (χ3n) is 7.88. The van der Waals surface area contributed by atoms with Gasteiger partial charge < -0.3 is 24.5 Å². The fourth-order valence-corrected chi connectivity index (χ4v) is 6.72. The zero-order chi connectivity index (χ0) is 28.0. The molecule has 1 aliphatic carbocycles. The van der Waals surface area contributed by atoms with Crippen molar-refractivity contribution in [2.45, 2.75) is 37.8 Å². The number of anilines is 2. The molecule has 0 aromatic carbocycles. The van der Waals surface area contributed by atoms with Crippen molar-refractivity contribution in [3.63, 3.8) is 0 Å². The fourth-order valence-electron chi connectivity index (χ4n) is 5.86. The van der Waals surface area contributed by atoms with Crippen LogP contribution in [0.3, 0.4) is 0 Å². The number of sulfonamides is 1. The number of amides is 1.